The average molecular weight is 256 g/mol. The molecule has 0 amide bonds. The van der Waals surface area contributed by atoms with Gasteiger partial charge in [-0.15, -0.1) is 0 Å². The lowest BCUT2D eigenvalue weighted by Crippen LogP contribution is -2.52. The maximum absolute atomic E-state index is 11.8. The molecule has 0 saturated heterocycles. The van der Waals surface area contributed by atoms with Gasteiger partial charge in [0.2, 0.25) is 0 Å². The number of methoxy groups -OCH3 is 1. The predicted octanol–water partition coefficient (Wildman–Crippen LogP) is 1.65. The Kier molecular flexibility index (Phi) is 5.60. The molecule has 0 aromatic rings. The van der Waals surface area contributed by atoms with E-state index in [-0.39, 0.29) is 5.97 Å². The predicted molar refractivity (Wildman–Crippen MR) is 73.5 cm³/mol. The number of likely N-dealkylation sites (N-methyl/N-ethyl adjacent to an activating group) is 1. The molecule has 2 atom stereocenters. The van der Waals surface area contributed by atoms with Crippen molar-refractivity contribution in [3.63, 3.8) is 0 Å². The van der Waals surface area contributed by atoms with Gasteiger partial charge in [-0.3, -0.25) is 4.79 Å². The Labute approximate surface area is 111 Å². The first-order valence-electron chi connectivity index (χ1n) is 6.90. The largest absolute Gasteiger partial charge is 0.468 e. The monoisotopic (exact) mass is 256 g/mol. The van der Waals surface area contributed by atoms with Crippen LogP contribution in [0.3, 0.4) is 0 Å². The topological polar surface area (TPSA) is 41.6 Å². The van der Waals surface area contributed by atoms with Crippen molar-refractivity contribution in [1.29, 1.82) is 0 Å². The fourth-order valence-electron chi connectivity index (χ4n) is 2.52. The van der Waals surface area contributed by atoms with Crippen LogP contribution < -0.4 is 5.32 Å². The van der Waals surface area contributed by atoms with Gasteiger partial charge in [-0.1, -0.05) is 6.42 Å². The second-order valence-electron chi connectivity index (χ2n) is 5.86. The van der Waals surface area contributed by atoms with Crippen molar-refractivity contribution in [2.45, 2.75) is 51.1 Å². The van der Waals surface area contributed by atoms with Gasteiger partial charge in [0.1, 0.15) is 5.54 Å². The molecule has 1 rings (SSSR count). The molecule has 0 heterocycles. The summed E-state index contributed by atoms with van der Waals surface area (Å²) in [4.78, 5) is 14.2. The molecule has 2 unspecified atom stereocenters. The van der Waals surface area contributed by atoms with Crippen molar-refractivity contribution >= 4 is 5.97 Å². The lowest BCUT2D eigenvalue weighted by molar-refractivity contribution is -0.148. The van der Waals surface area contributed by atoms with Crippen LogP contribution >= 0.6 is 0 Å². The van der Waals surface area contributed by atoms with Gasteiger partial charge >= 0.3 is 5.97 Å². The van der Waals surface area contributed by atoms with Crippen LogP contribution in [0, 0.1) is 5.92 Å². The van der Waals surface area contributed by atoms with E-state index in [0.717, 1.165) is 18.9 Å². The Bertz CT molecular complexity index is 279. The second-order valence-corrected chi connectivity index (χ2v) is 5.86. The summed E-state index contributed by atoms with van der Waals surface area (Å²) in [7, 11) is 5.41. The SMILES string of the molecule is CNC(C)(CC(C)N(C)CC1CCC1)C(=O)OC. The molecule has 0 aliphatic heterocycles. The first-order valence-corrected chi connectivity index (χ1v) is 6.90. The average Bonchev–Trinajstić information content (AvgIpc) is 2.31. The van der Waals surface area contributed by atoms with E-state index in [1.54, 1.807) is 0 Å². The minimum atomic E-state index is -0.595. The minimum Gasteiger partial charge on any atom is -0.468 e. The van der Waals surface area contributed by atoms with E-state index in [2.05, 4.69) is 24.2 Å². The van der Waals surface area contributed by atoms with E-state index in [0.29, 0.717) is 6.04 Å². The molecule has 0 aromatic heterocycles. The van der Waals surface area contributed by atoms with Crippen molar-refractivity contribution in [3.8, 4) is 0 Å². The highest BCUT2D eigenvalue weighted by molar-refractivity contribution is 5.80. The summed E-state index contributed by atoms with van der Waals surface area (Å²) in [6.45, 7) is 5.23. The van der Waals surface area contributed by atoms with Gasteiger partial charge in [0.15, 0.2) is 0 Å². The van der Waals surface area contributed by atoms with Gasteiger partial charge in [0, 0.05) is 12.6 Å². The molecule has 18 heavy (non-hydrogen) atoms. The van der Waals surface area contributed by atoms with E-state index in [1.807, 2.05) is 14.0 Å². The van der Waals surface area contributed by atoms with Crippen LogP contribution in [-0.2, 0) is 9.53 Å². The highest BCUT2D eigenvalue weighted by Gasteiger charge is 2.35. The van der Waals surface area contributed by atoms with Crippen LogP contribution in [0.15, 0.2) is 0 Å². The lowest BCUT2D eigenvalue weighted by atomic mass is 9.84. The summed E-state index contributed by atoms with van der Waals surface area (Å²) in [5.74, 6) is 0.672. The molecular formula is C14H28N2O2. The highest BCUT2D eigenvalue weighted by atomic mass is 16.5. The van der Waals surface area contributed by atoms with Crippen molar-refractivity contribution in [1.82, 2.24) is 10.2 Å². The Morgan fingerprint density at radius 3 is 2.56 bits per heavy atom. The van der Waals surface area contributed by atoms with Gasteiger partial charge in [-0.2, -0.15) is 0 Å². The zero-order chi connectivity index (χ0) is 13.8. The zero-order valence-electron chi connectivity index (χ0n) is 12.5. The number of rotatable bonds is 7. The second kappa shape index (κ2) is 6.53. The fourth-order valence-corrected chi connectivity index (χ4v) is 2.52. The number of nitrogens with one attached hydrogen (secondary N) is 1. The summed E-state index contributed by atoms with van der Waals surface area (Å²) in [5.41, 5.74) is -0.595. The van der Waals surface area contributed by atoms with E-state index in [1.165, 1.54) is 26.4 Å². The van der Waals surface area contributed by atoms with Crippen LogP contribution in [0.5, 0.6) is 0 Å². The molecule has 0 spiro atoms. The number of carbonyl (C=O) groups is 1. The maximum Gasteiger partial charge on any atom is 0.325 e. The quantitative estimate of drug-likeness (QED) is 0.703. The molecule has 106 valence electrons. The summed E-state index contributed by atoms with van der Waals surface area (Å²) in [5, 5.41) is 3.09. The molecule has 1 aliphatic carbocycles. The van der Waals surface area contributed by atoms with Gasteiger partial charge in [0.05, 0.1) is 7.11 Å². The molecule has 1 saturated carbocycles. The van der Waals surface area contributed by atoms with E-state index in [9.17, 15) is 4.79 Å². The third kappa shape index (κ3) is 3.69. The Hall–Kier alpha value is -0.610. The first-order chi connectivity index (χ1) is 8.42. The van der Waals surface area contributed by atoms with Gasteiger partial charge in [-0.05, 0) is 53.1 Å². The summed E-state index contributed by atoms with van der Waals surface area (Å²) < 4.78 is 4.88. The lowest BCUT2D eigenvalue weighted by Gasteiger charge is -2.37. The smallest absolute Gasteiger partial charge is 0.325 e. The third-order valence-corrected chi connectivity index (χ3v) is 4.41. The molecular weight excluding hydrogens is 228 g/mol. The Morgan fingerprint density at radius 2 is 2.17 bits per heavy atom. The standard InChI is InChI=1S/C14H28N2O2/c1-11(16(4)10-12-7-6-8-12)9-14(2,15-3)13(17)18-5/h11-12,15H,6-10H2,1-5H3. The summed E-state index contributed by atoms with van der Waals surface area (Å²) in [6.07, 6.45) is 4.86. The van der Waals surface area contributed by atoms with Gasteiger partial charge in [0.25, 0.3) is 0 Å². The van der Waals surface area contributed by atoms with Crippen molar-refractivity contribution in [3.05, 3.63) is 0 Å². The van der Waals surface area contributed by atoms with Crippen LogP contribution in [0.2, 0.25) is 0 Å². The Balaban J connectivity index is 2.49. The van der Waals surface area contributed by atoms with Gasteiger partial charge < -0.3 is 15.0 Å². The van der Waals surface area contributed by atoms with E-state index < -0.39 is 5.54 Å². The summed E-state index contributed by atoms with van der Waals surface area (Å²) >= 11 is 0. The number of hydrogen-bond donors (Lipinski definition) is 1. The molecule has 1 aliphatic rings. The number of ether oxygens (including phenoxy) is 1. The van der Waals surface area contributed by atoms with Crippen molar-refractivity contribution in [2.75, 3.05) is 27.7 Å². The molecule has 1 fully saturated rings. The first kappa shape index (κ1) is 15.4. The van der Waals surface area contributed by atoms with Crippen LogP contribution in [0.4, 0.5) is 0 Å². The molecule has 0 radical (unpaired) electrons. The maximum atomic E-state index is 11.8. The van der Waals surface area contributed by atoms with Crippen molar-refractivity contribution in [2.24, 2.45) is 5.92 Å². The third-order valence-electron chi connectivity index (χ3n) is 4.41. The number of carbonyl (C=O) groups excluding carboxylic acids is 1. The molecule has 0 bridgehead atoms. The Morgan fingerprint density at radius 1 is 1.56 bits per heavy atom. The molecule has 1 N–H and O–H groups in total. The van der Waals surface area contributed by atoms with Crippen LogP contribution in [0.1, 0.15) is 39.5 Å². The van der Waals surface area contributed by atoms with E-state index in [4.69, 9.17) is 4.74 Å². The molecule has 4 heteroatoms. The van der Waals surface area contributed by atoms with Crippen LogP contribution in [-0.4, -0.2) is 50.2 Å². The summed E-state index contributed by atoms with van der Waals surface area (Å²) in [6, 6.07) is 0.363. The van der Waals surface area contributed by atoms with E-state index >= 15 is 0 Å². The molecule has 4 nitrogen and oxygen atoms in total. The highest BCUT2D eigenvalue weighted by Crippen LogP contribution is 2.28. The van der Waals surface area contributed by atoms with Crippen molar-refractivity contribution < 1.29 is 9.53 Å². The van der Waals surface area contributed by atoms with Crippen LogP contribution in [0.25, 0.3) is 0 Å². The number of esters is 1. The fraction of sp³-hybridized carbons (Fsp3) is 0.929. The number of nitrogens with zero attached hydrogens (tertiary/aromatic N) is 1. The zero-order valence-corrected chi connectivity index (χ0v) is 12.5. The normalized spacial score (nSPS) is 21.2. The molecule has 0 aromatic carbocycles. The number of hydrogen-bond acceptors (Lipinski definition) is 4. The minimum absolute atomic E-state index is 0.186. The van der Waals surface area contributed by atoms with Gasteiger partial charge in [-0.25, -0.2) is 0 Å².